The van der Waals surface area contributed by atoms with Gasteiger partial charge in [0.05, 0.1) is 0 Å². The fourth-order valence-corrected chi connectivity index (χ4v) is 2.92. The van der Waals surface area contributed by atoms with Gasteiger partial charge in [0.2, 0.25) is 0 Å². The number of rotatable bonds is 1. The van der Waals surface area contributed by atoms with Gasteiger partial charge in [0.25, 0.3) is 0 Å². The molecule has 0 aromatic carbocycles. The molecule has 0 fully saturated rings. The smallest absolute Gasteiger partial charge is 0.0132 e. The molecular formula is C17H30. The van der Waals surface area contributed by atoms with Crippen LogP contribution in [0.25, 0.3) is 0 Å². The molecule has 0 heterocycles. The highest BCUT2D eigenvalue weighted by atomic mass is 14.4. The lowest BCUT2D eigenvalue weighted by Gasteiger charge is -2.37. The van der Waals surface area contributed by atoms with E-state index in [9.17, 15) is 0 Å². The second-order valence-corrected chi connectivity index (χ2v) is 7.70. The van der Waals surface area contributed by atoms with Crippen LogP contribution in [0.4, 0.5) is 0 Å². The summed E-state index contributed by atoms with van der Waals surface area (Å²) < 4.78 is 0. The highest BCUT2D eigenvalue weighted by Gasteiger charge is 2.31. The highest BCUT2D eigenvalue weighted by Crippen LogP contribution is 2.45. The molecule has 1 rings (SSSR count). The van der Waals surface area contributed by atoms with Gasteiger partial charge in [-0.25, -0.2) is 0 Å². The molecule has 1 aliphatic rings. The topological polar surface area (TPSA) is 0 Å². The molecule has 0 amide bonds. The first-order chi connectivity index (χ1) is 7.55. The Morgan fingerprint density at radius 2 is 1.47 bits per heavy atom. The van der Waals surface area contributed by atoms with Crippen LogP contribution in [0.3, 0.4) is 0 Å². The summed E-state index contributed by atoms with van der Waals surface area (Å²) in [7, 11) is 0. The minimum atomic E-state index is 0.274. The first-order valence-electron chi connectivity index (χ1n) is 6.99. The second kappa shape index (κ2) is 4.63. The normalized spacial score (nSPS) is 18.8. The fraction of sp³-hybridized carbons (Fsp3) is 0.765. The molecule has 0 radical (unpaired) electrons. The van der Waals surface area contributed by atoms with Crippen molar-refractivity contribution in [3.05, 3.63) is 22.8 Å². The fourth-order valence-electron chi connectivity index (χ4n) is 2.92. The van der Waals surface area contributed by atoms with Crippen LogP contribution >= 0.6 is 0 Å². The Morgan fingerprint density at radius 1 is 0.941 bits per heavy atom. The molecule has 0 unspecified atom stereocenters. The lowest BCUT2D eigenvalue weighted by molar-refractivity contribution is 0.439. The van der Waals surface area contributed by atoms with Crippen LogP contribution < -0.4 is 0 Å². The quantitative estimate of drug-likeness (QED) is 0.542. The van der Waals surface area contributed by atoms with Crippen molar-refractivity contribution in [2.45, 2.75) is 68.2 Å². The summed E-state index contributed by atoms with van der Waals surface area (Å²) in [5.74, 6) is 0.634. The maximum atomic E-state index is 2.48. The number of allylic oxidation sites excluding steroid dienone is 4. The minimum absolute atomic E-state index is 0.274. The average Bonchev–Trinajstić information content (AvgIpc) is 2.13. The third kappa shape index (κ3) is 3.24. The Hall–Kier alpha value is -0.520. The van der Waals surface area contributed by atoms with Gasteiger partial charge in [0, 0.05) is 0 Å². The van der Waals surface area contributed by atoms with Crippen LogP contribution in [-0.4, -0.2) is 0 Å². The van der Waals surface area contributed by atoms with Gasteiger partial charge in [-0.3, -0.25) is 0 Å². The van der Waals surface area contributed by atoms with Gasteiger partial charge in [-0.1, -0.05) is 67.0 Å². The predicted molar refractivity (Wildman–Crippen MR) is 78.1 cm³/mol. The molecule has 0 bridgehead atoms. The summed E-state index contributed by atoms with van der Waals surface area (Å²) in [5.41, 5.74) is 5.49. The van der Waals surface area contributed by atoms with Crippen molar-refractivity contribution in [3.63, 3.8) is 0 Å². The van der Waals surface area contributed by atoms with E-state index in [-0.39, 0.29) is 5.41 Å². The third-order valence-corrected chi connectivity index (χ3v) is 3.65. The van der Waals surface area contributed by atoms with Gasteiger partial charge < -0.3 is 0 Å². The second-order valence-electron chi connectivity index (χ2n) is 7.70. The monoisotopic (exact) mass is 234 g/mol. The first-order valence-corrected chi connectivity index (χ1v) is 6.99. The van der Waals surface area contributed by atoms with E-state index < -0.39 is 0 Å². The average molecular weight is 234 g/mol. The summed E-state index contributed by atoms with van der Waals surface area (Å²) in [6, 6.07) is 0. The summed E-state index contributed by atoms with van der Waals surface area (Å²) in [5, 5.41) is 0. The Kier molecular flexibility index (Phi) is 3.96. The maximum Gasteiger partial charge on any atom is -0.0132 e. The number of hydrogen-bond donors (Lipinski definition) is 0. The van der Waals surface area contributed by atoms with Crippen LogP contribution in [0.5, 0.6) is 0 Å². The van der Waals surface area contributed by atoms with E-state index in [4.69, 9.17) is 0 Å². The third-order valence-electron chi connectivity index (χ3n) is 3.65. The van der Waals surface area contributed by atoms with Gasteiger partial charge in [0.1, 0.15) is 0 Å². The Labute approximate surface area is 108 Å². The molecule has 0 spiro atoms. The van der Waals surface area contributed by atoms with Crippen molar-refractivity contribution in [1.29, 1.82) is 0 Å². The summed E-state index contributed by atoms with van der Waals surface area (Å²) in [6.07, 6.45) is 4.94. The molecule has 0 N–H and O–H groups in total. The lowest BCUT2D eigenvalue weighted by atomic mass is 9.68. The van der Waals surface area contributed by atoms with Gasteiger partial charge in [-0.15, -0.1) is 0 Å². The zero-order valence-corrected chi connectivity index (χ0v) is 13.1. The van der Waals surface area contributed by atoms with E-state index in [0.29, 0.717) is 11.3 Å². The van der Waals surface area contributed by atoms with Gasteiger partial charge in [-0.05, 0) is 40.7 Å². The standard InChI is InChI=1S/C17H30/c1-12(2)15-13(16(3,4)5)10-9-11-14(15)17(6,7)8/h10,12H,9,11H2,1-8H3. The van der Waals surface area contributed by atoms with E-state index >= 15 is 0 Å². The lowest BCUT2D eigenvalue weighted by Crippen LogP contribution is -2.23. The van der Waals surface area contributed by atoms with E-state index in [0.717, 1.165) is 0 Å². The Bertz CT molecular complexity index is 337. The van der Waals surface area contributed by atoms with Crippen LogP contribution in [0.15, 0.2) is 22.8 Å². The van der Waals surface area contributed by atoms with Crippen molar-refractivity contribution in [1.82, 2.24) is 0 Å². The Balaban J connectivity index is 3.36. The molecule has 0 aromatic heterocycles. The molecule has 1 aliphatic carbocycles. The molecule has 0 heteroatoms. The predicted octanol–water partition coefficient (Wildman–Crippen LogP) is 5.75. The zero-order valence-electron chi connectivity index (χ0n) is 13.1. The maximum absolute atomic E-state index is 2.48. The molecule has 0 saturated carbocycles. The van der Waals surface area contributed by atoms with Crippen LogP contribution in [0.1, 0.15) is 68.2 Å². The van der Waals surface area contributed by atoms with Crippen LogP contribution in [0.2, 0.25) is 0 Å². The van der Waals surface area contributed by atoms with Gasteiger partial charge >= 0.3 is 0 Å². The minimum Gasteiger partial charge on any atom is -0.0802 e. The van der Waals surface area contributed by atoms with Crippen molar-refractivity contribution < 1.29 is 0 Å². The van der Waals surface area contributed by atoms with Crippen LogP contribution in [-0.2, 0) is 0 Å². The summed E-state index contributed by atoms with van der Waals surface area (Å²) in [4.78, 5) is 0. The molecule has 0 nitrogen and oxygen atoms in total. The van der Waals surface area contributed by atoms with E-state index in [1.165, 1.54) is 12.8 Å². The first kappa shape index (κ1) is 14.5. The highest BCUT2D eigenvalue weighted by molar-refractivity contribution is 5.44. The summed E-state index contributed by atoms with van der Waals surface area (Å²) in [6.45, 7) is 18.8. The van der Waals surface area contributed by atoms with E-state index in [1.807, 2.05) is 0 Å². The van der Waals surface area contributed by atoms with Crippen molar-refractivity contribution in [3.8, 4) is 0 Å². The summed E-state index contributed by atoms with van der Waals surface area (Å²) >= 11 is 0. The van der Waals surface area contributed by atoms with Crippen molar-refractivity contribution >= 4 is 0 Å². The molecule has 0 atom stereocenters. The Morgan fingerprint density at radius 3 is 1.82 bits per heavy atom. The number of hydrogen-bond acceptors (Lipinski definition) is 0. The van der Waals surface area contributed by atoms with Crippen molar-refractivity contribution in [2.75, 3.05) is 0 Å². The molecular weight excluding hydrogens is 204 g/mol. The van der Waals surface area contributed by atoms with E-state index in [2.05, 4.69) is 61.5 Å². The van der Waals surface area contributed by atoms with Crippen LogP contribution in [0, 0.1) is 16.7 Å². The van der Waals surface area contributed by atoms with Gasteiger partial charge in [0.15, 0.2) is 0 Å². The molecule has 0 aromatic rings. The van der Waals surface area contributed by atoms with Crippen molar-refractivity contribution in [2.24, 2.45) is 16.7 Å². The molecule has 17 heavy (non-hydrogen) atoms. The molecule has 0 saturated heterocycles. The molecule has 98 valence electrons. The zero-order chi connectivity index (χ0) is 13.4. The van der Waals surface area contributed by atoms with E-state index in [1.54, 1.807) is 16.7 Å². The largest absolute Gasteiger partial charge is 0.0802 e. The van der Waals surface area contributed by atoms with Gasteiger partial charge in [-0.2, -0.15) is 0 Å². The molecule has 0 aliphatic heterocycles. The SMILES string of the molecule is CC(C)C1=C(C(C)(C)C)CCC=C1C(C)(C)C.